The van der Waals surface area contributed by atoms with Gasteiger partial charge >= 0.3 is 0 Å². The summed E-state index contributed by atoms with van der Waals surface area (Å²) in [6.07, 6.45) is 2.90. The van der Waals surface area contributed by atoms with Crippen LogP contribution in [0.1, 0.15) is 16.1 Å². The average Bonchev–Trinajstić information content (AvgIpc) is 3.24. The summed E-state index contributed by atoms with van der Waals surface area (Å²) in [4.78, 5) is 8.58. The molecule has 0 fully saturated rings. The maximum absolute atomic E-state index is 5.64. The Kier molecular flexibility index (Phi) is 3.89. The topological polar surface area (TPSA) is 38.5 Å². The molecule has 0 atom stereocenters. The van der Waals surface area contributed by atoms with Gasteiger partial charge in [0.1, 0.15) is 12.0 Å². The van der Waals surface area contributed by atoms with Gasteiger partial charge in [-0.3, -0.25) is 4.90 Å². The van der Waals surface area contributed by atoms with Crippen molar-refractivity contribution < 1.29 is 9.15 Å². The molecule has 5 heteroatoms. The van der Waals surface area contributed by atoms with Gasteiger partial charge in [-0.25, -0.2) is 4.98 Å². The molecule has 0 radical (unpaired) electrons. The Balaban J connectivity index is 1.46. The van der Waals surface area contributed by atoms with Gasteiger partial charge in [-0.1, -0.05) is 0 Å². The number of thiophene rings is 1. The standard InChI is InChI=1S/C18H18N2O2S/c1-21-16-4-2-13(3-5-16)18-19-15(12-22-18)11-20-8-6-17-14(10-20)7-9-23-17/h2-5,7,9,12H,6,8,10-11H2,1H3. The predicted molar refractivity (Wildman–Crippen MR) is 90.6 cm³/mol. The molecule has 118 valence electrons. The van der Waals surface area contributed by atoms with Crippen LogP contribution in [0, 0.1) is 0 Å². The number of aromatic nitrogens is 1. The monoisotopic (exact) mass is 326 g/mol. The summed E-state index contributed by atoms with van der Waals surface area (Å²) in [6, 6.07) is 10.0. The van der Waals surface area contributed by atoms with E-state index in [0.717, 1.165) is 43.1 Å². The van der Waals surface area contributed by atoms with E-state index in [4.69, 9.17) is 9.15 Å². The SMILES string of the molecule is COc1ccc(-c2nc(CN3CCc4sccc4C3)co2)cc1. The van der Waals surface area contributed by atoms with Gasteiger partial charge in [0.2, 0.25) is 5.89 Å². The van der Waals surface area contributed by atoms with E-state index >= 15 is 0 Å². The van der Waals surface area contributed by atoms with Gasteiger partial charge in [0.25, 0.3) is 0 Å². The van der Waals surface area contributed by atoms with Crippen LogP contribution in [-0.4, -0.2) is 23.5 Å². The highest BCUT2D eigenvalue weighted by Gasteiger charge is 2.18. The first kappa shape index (κ1) is 14.5. The van der Waals surface area contributed by atoms with Crippen molar-refractivity contribution in [3.63, 3.8) is 0 Å². The number of rotatable bonds is 4. The van der Waals surface area contributed by atoms with Crippen molar-refractivity contribution in [2.24, 2.45) is 0 Å². The van der Waals surface area contributed by atoms with Gasteiger partial charge in [-0.15, -0.1) is 11.3 Å². The molecule has 23 heavy (non-hydrogen) atoms. The van der Waals surface area contributed by atoms with Crippen molar-refractivity contribution in [1.82, 2.24) is 9.88 Å². The summed E-state index contributed by atoms with van der Waals surface area (Å²) in [7, 11) is 1.66. The zero-order chi connectivity index (χ0) is 15.6. The molecule has 0 aliphatic carbocycles. The summed E-state index contributed by atoms with van der Waals surface area (Å²) in [5.41, 5.74) is 3.41. The van der Waals surface area contributed by atoms with Crippen molar-refractivity contribution in [3.05, 3.63) is 58.1 Å². The van der Waals surface area contributed by atoms with Crippen LogP contribution < -0.4 is 4.74 Å². The van der Waals surface area contributed by atoms with Crippen molar-refractivity contribution in [3.8, 4) is 17.2 Å². The Morgan fingerprint density at radius 3 is 2.96 bits per heavy atom. The van der Waals surface area contributed by atoms with Crippen LogP contribution in [0.15, 0.2) is 46.4 Å². The third-order valence-electron chi connectivity index (χ3n) is 4.16. The van der Waals surface area contributed by atoms with Crippen LogP contribution >= 0.6 is 11.3 Å². The molecule has 4 rings (SSSR count). The fraction of sp³-hybridized carbons (Fsp3) is 0.278. The van der Waals surface area contributed by atoms with Crippen molar-refractivity contribution in [2.45, 2.75) is 19.5 Å². The van der Waals surface area contributed by atoms with Gasteiger partial charge in [0, 0.05) is 30.1 Å². The molecule has 2 aromatic heterocycles. The molecule has 0 spiro atoms. The van der Waals surface area contributed by atoms with Crippen LogP contribution in [0.5, 0.6) is 5.75 Å². The lowest BCUT2D eigenvalue weighted by Gasteiger charge is -2.25. The molecule has 4 nitrogen and oxygen atoms in total. The Morgan fingerprint density at radius 1 is 1.26 bits per heavy atom. The number of methoxy groups -OCH3 is 1. The molecule has 1 aliphatic rings. The molecule has 1 aromatic carbocycles. The lowest BCUT2D eigenvalue weighted by atomic mass is 10.1. The first-order valence-corrected chi connectivity index (χ1v) is 8.56. The Bertz CT molecular complexity index is 791. The van der Waals surface area contributed by atoms with Gasteiger partial charge in [-0.2, -0.15) is 0 Å². The van der Waals surface area contributed by atoms with Gasteiger partial charge in [0.05, 0.1) is 12.8 Å². The van der Waals surface area contributed by atoms with Gasteiger partial charge in [0.15, 0.2) is 0 Å². The molecule has 3 heterocycles. The normalized spacial score (nSPS) is 14.7. The number of hydrogen-bond donors (Lipinski definition) is 0. The molecule has 1 aliphatic heterocycles. The molecule has 3 aromatic rings. The van der Waals surface area contributed by atoms with E-state index in [2.05, 4.69) is 21.3 Å². The summed E-state index contributed by atoms with van der Waals surface area (Å²) in [5.74, 6) is 1.50. The fourth-order valence-electron chi connectivity index (χ4n) is 2.92. The highest BCUT2D eigenvalue weighted by Crippen LogP contribution is 2.26. The number of oxazole rings is 1. The quantitative estimate of drug-likeness (QED) is 0.727. The summed E-state index contributed by atoms with van der Waals surface area (Å²) in [6.45, 7) is 2.91. The van der Waals surface area contributed by atoms with E-state index in [1.54, 1.807) is 13.4 Å². The largest absolute Gasteiger partial charge is 0.497 e. The van der Waals surface area contributed by atoms with Crippen LogP contribution in [-0.2, 0) is 19.5 Å². The maximum Gasteiger partial charge on any atom is 0.226 e. The fourth-order valence-corrected chi connectivity index (χ4v) is 3.81. The first-order chi connectivity index (χ1) is 11.3. The van der Waals surface area contributed by atoms with Crippen LogP contribution in [0.4, 0.5) is 0 Å². The second-order valence-corrected chi connectivity index (χ2v) is 6.70. The highest BCUT2D eigenvalue weighted by atomic mass is 32.1. The highest BCUT2D eigenvalue weighted by molar-refractivity contribution is 7.10. The molecule has 0 unspecified atom stereocenters. The minimum Gasteiger partial charge on any atom is -0.497 e. The number of fused-ring (bicyclic) bond motifs is 1. The lowest BCUT2D eigenvalue weighted by molar-refractivity contribution is 0.244. The molecule has 0 saturated heterocycles. The average molecular weight is 326 g/mol. The summed E-state index contributed by atoms with van der Waals surface area (Å²) in [5, 5.41) is 2.19. The number of nitrogens with zero attached hydrogens (tertiary/aromatic N) is 2. The first-order valence-electron chi connectivity index (χ1n) is 7.68. The molecule has 0 saturated carbocycles. The van der Waals surface area contributed by atoms with Gasteiger partial charge < -0.3 is 9.15 Å². The second-order valence-electron chi connectivity index (χ2n) is 5.70. The number of ether oxygens (including phenoxy) is 1. The van der Waals surface area contributed by atoms with Crippen LogP contribution in [0.3, 0.4) is 0 Å². The molecular weight excluding hydrogens is 308 g/mol. The molecule has 0 bridgehead atoms. The third-order valence-corrected chi connectivity index (χ3v) is 5.18. The van der Waals surface area contributed by atoms with E-state index < -0.39 is 0 Å². The van der Waals surface area contributed by atoms with Crippen molar-refractivity contribution in [1.29, 1.82) is 0 Å². The molecular formula is C18H18N2O2S. The Hall–Kier alpha value is -2.11. The molecule has 0 N–H and O–H groups in total. The van der Waals surface area contributed by atoms with E-state index in [0.29, 0.717) is 5.89 Å². The Labute approximate surface area is 139 Å². The summed E-state index contributed by atoms with van der Waals surface area (Å²) >= 11 is 1.87. The minimum absolute atomic E-state index is 0.663. The van der Waals surface area contributed by atoms with Crippen LogP contribution in [0.2, 0.25) is 0 Å². The molecule has 0 amide bonds. The van der Waals surface area contributed by atoms with Crippen LogP contribution in [0.25, 0.3) is 11.5 Å². The predicted octanol–water partition coefficient (Wildman–Crippen LogP) is 3.97. The second kappa shape index (κ2) is 6.18. The van der Waals surface area contributed by atoms with Gasteiger partial charge in [-0.05, 0) is 47.7 Å². The zero-order valence-electron chi connectivity index (χ0n) is 13.0. The zero-order valence-corrected chi connectivity index (χ0v) is 13.8. The Morgan fingerprint density at radius 2 is 2.13 bits per heavy atom. The van der Waals surface area contributed by atoms with E-state index in [9.17, 15) is 0 Å². The smallest absolute Gasteiger partial charge is 0.226 e. The number of benzene rings is 1. The summed E-state index contributed by atoms with van der Waals surface area (Å²) < 4.78 is 10.8. The van der Waals surface area contributed by atoms with Crippen molar-refractivity contribution in [2.75, 3.05) is 13.7 Å². The maximum atomic E-state index is 5.64. The number of hydrogen-bond acceptors (Lipinski definition) is 5. The third kappa shape index (κ3) is 3.02. The van der Waals surface area contributed by atoms with E-state index in [-0.39, 0.29) is 0 Å². The lowest BCUT2D eigenvalue weighted by Crippen LogP contribution is -2.29. The minimum atomic E-state index is 0.663. The van der Waals surface area contributed by atoms with E-state index in [1.807, 2.05) is 35.6 Å². The van der Waals surface area contributed by atoms with Crippen molar-refractivity contribution >= 4 is 11.3 Å². The van der Waals surface area contributed by atoms with E-state index in [1.165, 1.54) is 10.4 Å².